The summed E-state index contributed by atoms with van der Waals surface area (Å²) in [6.45, 7) is 4.09. The molecule has 5 rings (SSSR count). The number of benzene rings is 2. The van der Waals surface area contributed by atoms with Crippen LogP contribution in [0.1, 0.15) is 5.56 Å². The maximum absolute atomic E-state index is 13.2. The van der Waals surface area contributed by atoms with Crippen LogP contribution in [0.5, 0.6) is 5.75 Å². The largest absolute Gasteiger partial charge is 0.497 e. The quantitative estimate of drug-likeness (QED) is 0.407. The molecule has 1 amide bonds. The predicted octanol–water partition coefficient (Wildman–Crippen LogP) is 3.04. The zero-order valence-corrected chi connectivity index (χ0v) is 18.7. The van der Waals surface area contributed by atoms with Crippen LogP contribution in [0.4, 0.5) is 5.69 Å². The summed E-state index contributed by atoms with van der Waals surface area (Å²) in [4.78, 5) is 32.9. The molecule has 0 unspecified atom stereocenters. The molecular formula is C22H15BrN4O3S. The lowest BCUT2D eigenvalue weighted by Crippen LogP contribution is -2.32. The molecule has 0 atom stereocenters. The lowest BCUT2D eigenvalue weighted by molar-refractivity contribution is -0.112. The van der Waals surface area contributed by atoms with E-state index < -0.39 is 0 Å². The van der Waals surface area contributed by atoms with Crippen molar-refractivity contribution < 1.29 is 9.53 Å². The monoisotopic (exact) mass is 494 g/mol. The molecule has 0 spiro atoms. The van der Waals surface area contributed by atoms with Crippen molar-refractivity contribution in [3.05, 3.63) is 80.0 Å². The van der Waals surface area contributed by atoms with Crippen LogP contribution in [0.15, 0.2) is 64.4 Å². The number of carbonyl (C=O) groups is 1. The number of fused-ring (bicyclic) bond motifs is 2. The number of rotatable bonds is 4. The Labute approximate surface area is 189 Å². The number of aromatic nitrogens is 3. The predicted molar refractivity (Wildman–Crippen MR) is 124 cm³/mol. The van der Waals surface area contributed by atoms with Gasteiger partial charge in [-0.05, 0) is 42.5 Å². The van der Waals surface area contributed by atoms with Gasteiger partial charge < -0.3 is 9.64 Å². The minimum absolute atomic E-state index is 0.231. The molecule has 2 aromatic heterocycles. The molecule has 0 radical (unpaired) electrons. The van der Waals surface area contributed by atoms with Gasteiger partial charge in [0.15, 0.2) is 5.82 Å². The van der Waals surface area contributed by atoms with Crippen LogP contribution in [0, 0.1) is 0 Å². The van der Waals surface area contributed by atoms with E-state index in [1.807, 2.05) is 42.5 Å². The van der Waals surface area contributed by atoms with Gasteiger partial charge in [-0.3, -0.25) is 9.59 Å². The molecule has 154 valence electrons. The topological polar surface area (TPSA) is 76.8 Å². The Bertz CT molecular complexity index is 1470. The van der Waals surface area contributed by atoms with Gasteiger partial charge in [-0.15, -0.1) is 11.7 Å². The molecule has 31 heavy (non-hydrogen) atoms. The van der Waals surface area contributed by atoms with Crippen LogP contribution in [-0.4, -0.2) is 34.2 Å². The van der Waals surface area contributed by atoms with Gasteiger partial charge in [0.1, 0.15) is 10.3 Å². The first-order valence-corrected chi connectivity index (χ1v) is 10.9. The maximum atomic E-state index is 13.2. The molecule has 0 saturated carbocycles. The molecule has 0 bridgehead atoms. The van der Waals surface area contributed by atoms with Crippen LogP contribution >= 0.6 is 27.3 Å². The highest BCUT2D eigenvalue weighted by Crippen LogP contribution is 2.37. The molecule has 0 saturated heterocycles. The van der Waals surface area contributed by atoms with Crippen LogP contribution in [0.25, 0.3) is 21.9 Å². The van der Waals surface area contributed by atoms with E-state index in [0.29, 0.717) is 33.0 Å². The van der Waals surface area contributed by atoms with E-state index in [-0.39, 0.29) is 11.5 Å². The van der Waals surface area contributed by atoms with Crippen molar-refractivity contribution in [2.75, 3.05) is 18.6 Å². The van der Waals surface area contributed by atoms with Gasteiger partial charge in [0.2, 0.25) is 4.96 Å². The van der Waals surface area contributed by atoms with Crippen molar-refractivity contribution in [2.45, 2.75) is 0 Å². The summed E-state index contributed by atoms with van der Waals surface area (Å²) in [7, 11) is 1.60. The summed E-state index contributed by atoms with van der Waals surface area (Å²) >= 11 is 4.62. The Morgan fingerprint density at radius 2 is 1.97 bits per heavy atom. The molecule has 2 aromatic carbocycles. The number of hydrogen-bond donors (Lipinski definition) is 0. The van der Waals surface area contributed by atoms with Crippen molar-refractivity contribution in [3.8, 4) is 17.1 Å². The smallest absolute Gasteiger partial charge is 0.291 e. The number of amides is 1. The van der Waals surface area contributed by atoms with Crippen molar-refractivity contribution in [3.63, 3.8) is 0 Å². The third kappa shape index (κ3) is 3.08. The molecular weight excluding hydrogens is 480 g/mol. The van der Waals surface area contributed by atoms with Gasteiger partial charge in [0, 0.05) is 22.1 Å². The van der Waals surface area contributed by atoms with Crippen LogP contribution in [0.2, 0.25) is 0 Å². The van der Waals surface area contributed by atoms with Crippen molar-refractivity contribution in [1.82, 2.24) is 14.6 Å². The van der Waals surface area contributed by atoms with E-state index in [1.54, 1.807) is 18.1 Å². The van der Waals surface area contributed by atoms with Crippen molar-refractivity contribution in [1.29, 1.82) is 0 Å². The highest BCUT2D eigenvalue weighted by Gasteiger charge is 2.34. The average molecular weight is 495 g/mol. The second-order valence-electron chi connectivity index (χ2n) is 6.84. The molecule has 0 N–H and O–H groups in total. The summed E-state index contributed by atoms with van der Waals surface area (Å²) in [6.07, 6.45) is 1.66. The van der Waals surface area contributed by atoms with Crippen molar-refractivity contribution >= 4 is 49.4 Å². The van der Waals surface area contributed by atoms with Crippen LogP contribution in [0.3, 0.4) is 0 Å². The minimum Gasteiger partial charge on any atom is -0.497 e. The second-order valence-corrected chi connectivity index (χ2v) is 8.73. The van der Waals surface area contributed by atoms with E-state index in [2.05, 4.69) is 32.6 Å². The fourth-order valence-electron chi connectivity index (χ4n) is 3.58. The molecule has 4 aromatic rings. The van der Waals surface area contributed by atoms with Crippen molar-refractivity contribution in [2.24, 2.45) is 0 Å². The summed E-state index contributed by atoms with van der Waals surface area (Å²) in [5.41, 5.74) is 2.24. The van der Waals surface area contributed by atoms with E-state index in [1.165, 1.54) is 4.52 Å². The van der Waals surface area contributed by atoms with Gasteiger partial charge in [-0.1, -0.05) is 33.3 Å². The number of thiazole rings is 1. The second kappa shape index (κ2) is 7.44. The zero-order chi connectivity index (χ0) is 21.7. The van der Waals surface area contributed by atoms with Gasteiger partial charge in [-0.25, -0.2) is 0 Å². The molecule has 1 aliphatic rings. The Morgan fingerprint density at radius 1 is 1.19 bits per heavy atom. The lowest BCUT2D eigenvalue weighted by atomic mass is 10.1. The minimum atomic E-state index is -0.359. The number of nitrogens with zero attached hydrogens (tertiary/aromatic N) is 4. The summed E-state index contributed by atoms with van der Waals surface area (Å²) in [5, 5.41) is 4.38. The third-order valence-corrected chi connectivity index (χ3v) is 6.55. The Morgan fingerprint density at radius 3 is 2.65 bits per heavy atom. The fraction of sp³-hybridized carbons (Fsp3) is 0.0909. The summed E-state index contributed by atoms with van der Waals surface area (Å²) in [5.74, 6) is 0.934. The van der Waals surface area contributed by atoms with Crippen LogP contribution < -0.4 is 19.7 Å². The molecule has 1 aliphatic heterocycles. The normalized spacial score (nSPS) is 14.9. The SMILES string of the molecule is C=CCN1C(=O)C(=c2sc3nc(-c4ccc(OC)cc4)nn3c2=O)c2cc(Br)ccc21. The first-order valence-electron chi connectivity index (χ1n) is 9.33. The van der Waals surface area contributed by atoms with E-state index in [4.69, 9.17) is 4.74 Å². The van der Waals surface area contributed by atoms with Gasteiger partial charge >= 0.3 is 0 Å². The van der Waals surface area contributed by atoms with Crippen LogP contribution in [-0.2, 0) is 4.79 Å². The van der Waals surface area contributed by atoms with E-state index in [9.17, 15) is 9.59 Å². The maximum Gasteiger partial charge on any atom is 0.291 e. The van der Waals surface area contributed by atoms with Gasteiger partial charge in [-0.2, -0.15) is 9.50 Å². The third-order valence-electron chi connectivity index (χ3n) is 5.02. The molecule has 7 nitrogen and oxygen atoms in total. The molecule has 9 heteroatoms. The summed E-state index contributed by atoms with van der Waals surface area (Å²) in [6, 6.07) is 12.9. The number of halogens is 1. The van der Waals surface area contributed by atoms with E-state index >= 15 is 0 Å². The van der Waals surface area contributed by atoms with Gasteiger partial charge in [0.05, 0.1) is 18.4 Å². The highest BCUT2D eigenvalue weighted by atomic mass is 79.9. The zero-order valence-electron chi connectivity index (χ0n) is 16.3. The molecule has 0 aliphatic carbocycles. The number of ether oxygens (including phenoxy) is 1. The first kappa shape index (κ1) is 19.7. The Balaban J connectivity index is 1.70. The summed E-state index contributed by atoms with van der Waals surface area (Å²) < 4.78 is 7.58. The van der Waals surface area contributed by atoms with Gasteiger partial charge in [0.25, 0.3) is 11.5 Å². The highest BCUT2D eigenvalue weighted by molar-refractivity contribution is 9.10. The number of methoxy groups -OCH3 is 1. The Kier molecular flexibility index (Phi) is 4.71. The lowest BCUT2D eigenvalue weighted by Gasteiger charge is -2.14. The molecule has 3 heterocycles. The fourth-order valence-corrected chi connectivity index (χ4v) is 4.94. The average Bonchev–Trinajstić information content (AvgIpc) is 3.40. The molecule has 0 fully saturated rings. The number of hydrogen-bond acceptors (Lipinski definition) is 6. The number of carbonyl (C=O) groups excluding carboxylic acids is 1. The standard InChI is InChI=1S/C22H15BrN4O3S/c1-3-10-26-16-9-6-13(23)11-15(16)17(20(26)28)18-21(29)27-22(31-18)24-19(25-27)12-4-7-14(30-2)8-5-12/h3-9,11H,1,10H2,2H3. The number of anilines is 1. The Hall–Kier alpha value is -3.30. The first-order chi connectivity index (χ1) is 15.0. The van der Waals surface area contributed by atoms with E-state index in [0.717, 1.165) is 32.8 Å².